The summed E-state index contributed by atoms with van der Waals surface area (Å²) in [5.41, 5.74) is -0.0117. The minimum atomic E-state index is -0.0117. The molecule has 0 aromatic carbocycles. The molecule has 0 unspecified atom stereocenters. The molecule has 11 heavy (non-hydrogen) atoms. The van der Waals surface area contributed by atoms with Gasteiger partial charge in [-0.25, -0.2) is 4.99 Å². The summed E-state index contributed by atoms with van der Waals surface area (Å²) in [6.07, 6.45) is 1.65. The van der Waals surface area contributed by atoms with E-state index in [0.717, 1.165) is 5.84 Å². The van der Waals surface area contributed by atoms with Gasteiger partial charge in [0.15, 0.2) is 0 Å². The van der Waals surface area contributed by atoms with Gasteiger partial charge in [-0.15, -0.1) is 0 Å². The second-order valence-electron chi connectivity index (χ2n) is 3.65. The van der Waals surface area contributed by atoms with Gasteiger partial charge in [0, 0.05) is 12.0 Å². The topological polar surface area (TPSA) is 44.6 Å². The van der Waals surface area contributed by atoms with Crippen molar-refractivity contribution >= 4 is 5.84 Å². The third-order valence-corrected chi connectivity index (χ3v) is 1.49. The molecular formula is C8H14N2O. The van der Waals surface area contributed by atoms with Gasteiger partial charge in [-0.1, -0.05) is 20.8 Å². The molecule has 3 heteroatoms. The molecule has 0 saturated heterocycles. The lowest BCUT2D eigenvalue weighted by Crippen LogP contribution is -2.37. The summed E-state index contributed by atoms with van der Waals surface area (Å²) >= 11 is 0. The maximum absolute atomic E-state index is 9.08. The highest BCUT2D eigenvalue weighted by atomic mass is 16.3. The highest BCUT2D eigenvalue weighted by Crippen LogP contribution is 2.16. The molecule has 0 radical (unpaired) electrons. The van der Waals surface area contributed by atoms with Gasteiger partial charge in [0.05, 0.1) is 0 Å². The van der Waals surface area contributed by atoms with E-state index >= 15 is 0 Å². The molecule has 1 aliphatic heterocycles. The molecule has 2 N–H and O–H groups in total. The fourth-order valence-electron chi connectivity index (χ4n) is 0.872. The smallest absolute Gasteiger partial charge is 0.210 e. The normalized spacial score (nSPS) is 18.5. The highest BCUT2D eigenvalue weighted by Gasteiger charge is 2.20. The zero-order valence-electron chi connectivity index (χ0n) is 7.18. The Kier molecular flexibility index (Phi) is 1.89. The summed E-state index contributed by atoms with van der Waals surface area (Å²) in [5, 5.41) is 12.2. The number of aliphatic hydroxyl groups is 1. The van der Waals surface area contributed by atoms with E-state index in [2.05, 4.69) is 31.1 Å². The summed E-state index contributed by atoms with van der Waals surface area (Å²) < 4.78 is 0. The van der Waals surface area contributed by atoms with Gasteiger partial charge in [0.2, 0.25) is 5.88 Å². The standard InChI is InChI=1S/C8H14N2O/c1-8(2,3)7-9-5-4-6(11)10-7/h4,11H,5H2,1-3H3,(H,9,10). The fourth-order valence-corrected chi connectivity index (χ4v) is 0.872. The van der Waals surface area contributed by atoms with Gasteiger partial charge in [-0.2, -0.15) is 0 Å². The van der Waals surface area contributed by atoms with Crippen LogP contribution in [-0.4, -0.2) is 17.5 Å². The molecule has 0 spiro atoms. The Morgan fingerprint density at radius 3 is 2.55 bits per heavy atom. The Morgan fingerprint density at radius 2 is 2.18 bits per heavy atom. The number of amidine groups is 1. The van der Waals surface area contributed by atoms with Crippen molar-refractivity contribution in [2.75, 3.05) is 6.54 Å². The number of nitrogens with zero attached hydrogens (tertiary/aromatic N) is 1. The first-order valence-corrected chi connectivity index (χ1v) is 3.72. The molecule has 0 saturated carbocycles. The summed E-state index contributed by atoms with van der Waals surface area (Å²) in [6.45, 7) is 6.83. The lowest BCUT2D eigenvalue weighted by molar-refractivity contribution is 0.396. The van der Waals surface area contributed by atoms with Crippen molar-refractivity contribution in [3.63, 3.8) is 0 Å². The summed E-state index contributed by atoms with van der Waals surface area (Å²) in [4.78, 5) is 3.98. The first-order chi connectivity index (χ1) is 5.00. The fraction of sp³-hybridized carbons (Fsp3) is 0.625. The minimum Gasteiger partial charge on any atom is -0.493 e. The van der Waals surface area contributed by atoms with Crippen molar-refractivity contribution in [2.24, 2.45) is 10.4 Å². The Bertz CT molecular complexity index is 211. The summed E-state index contributed by atoms with van der Waals surface area (Å²) in [6, 6.07) is 0. The third kappa shape index (κ3) is 1.97. The zero-order chi connectivity index (χ0) is 8.48. The quantitative estimate of drug-likeness (QED) is 0.554. The Balaban J connectivity index is 2.82. The predicted molar refractivity (Wildman–Crippen MR) is 45.6 cm³/mol. The van der Waals surface area contributed by atoms with Crippen molar-refractivity contribution in [3.8, 4) is 0 Å². The largest absolute Gasteiger partial charge is 0.493 e. The van der Waals surface area contributed by atoms with E-state index in [-0.39, 0.29) is 11.3 Å². The molecule has 0 aliphatic carbocycles. The molecule has 0 atom stereocenters. The monoisotopic (exact) mass is 154 g/mol. The Morgan fingerprint density at radius 1 is 1.55 bits per heavy atom. The van der Waals surface area contributed by atoms with Crippen LogP contribution < -0.4 is 5.32 Å². The first-order valence-electron chi connectivity index (χ1n) is 3.72. The lowest BCUT2D eigenvalue weighted by Gasteiger charge is -2.24. The van der Waals surface area contributed by atoms with Crippen LogP contribution in [-0.2, 0) is 0 Å². The van der Waals surface area contributed by atoms with Gasteiger partial charge < -0.3 is 10.4 Å². The SMILES string of the molecule is CC(C)(C)C1=NC(O)=CCN1. The van der Waals surface area contributed by atoms with E-state index in [1.54, 1.807) is 6.08 Å². The average Bonchev–Trinajstić information content (AvgIpc) is 1.86. The molecule has 0 fully saturated rings. The van der Waals surface area contributed by atoms with Crippen LogP contribution in [0.2, 0.25) is 0 Å². The maximum atomic E-state index is 9.08. The van der Waals surface area contributed by atoms with Crippen molar-refractivity contribution in [1.82, 2.24) is 5.32 Å². The first kappa shape index (κ1) is 8.11. The molecule has 3 nitrogen and oxygen atoms in total. The van der Waals surface area contributed by atoms with E-state index in [0.29, 0.717) is 6.54 Å². The predicted octanol–water partition coefficient (Wildman–Crippen LogP) is 1.43. The Labute approximate surface area is 66.8 Å². The molecule has 1 aliphatic rings. The third-order valence-electron chi connectivity index (χ3n) is 1.49. The molecule has 0 bridgehead atoms. The van der Waals surface area contributed by atoms with Crippen molar-refractivity contribution < 1.29 is 5.11 Å². The van der Waals surface area contributed by atoms with Gasteiger partial charge in [-0.3, -0.25) is 0 Å². The zero-order valence-corrected chi connectivity index (χ0v) is 7.18. The summed E-state index contributed by atoms with van der Waals surface area (Å²) in [5.74, 6) is 0.964. The molecule has 0 aromatic rings. The van der Waals surface area contributed by atoms with Crippen LogP contribution in [0, 0.1) is 5.41 Å². The molecule has 0 amide bonds. The maximum Gasteiger partial charge on any atom is 0.210 e. The van der Waals surface area contributed by atoms with Gasteiger partial charge >= 0.3 is 0 Å². The number of hydrogen-bond acceptors (Lipinski definition) is 3. The van der Waals surface area contributed by atoms with Crippen LogP contribution >= 0.6 is 0 Å². The van der Waals surface area contributed by atoms with E-state index in [1.807, 2.05) is 0 Å². The Hall–Kier alpha value is -0.990. The lowest BCUT2D eigenvalue weighted by atomic mass is 9.94. The molecular weight excluding hydrogens is 140 g/mol. The molecule has 62 valence electrons. The van der Waals surface area contributed by atoms with E-state index in [1.165, 1.54) is 0 Å². The van der Waals surface area contributed by atoms with E-state index < -0.39 is 0 Å². The van der Waals surface area contributed by atoms with E-state index in [9.17, 15) is 0 Å². The molecule has 1 heterocycles. The van der Waals surface area contributed by atoms with Crippen molar-refractivity contribution in [3.05, 3.63) is 12.0 Å². The molecule has 1 rings (SSSR count). The summed E-state index contributed by atoms with van der Waals surface area (Å²) in [7, 11) is 0. The van der Waals surface area contributed by atoms with Crippen LogP contribution in [0.4, 0.5) is 0 Å². The number of aliphatic imine (C=N–C) groups is 1. The second kappa shape index (κ2) is 2.57. The van der Waals surface area contributed by atoms with Gasteiger partial charge in [-0.05, 0) is 6.08 Å². The van der Waals surface area contributed by atoms with Crippen LogP contribution in [0.3, 0.4) is 0 Å². The number of rotatable bonds is 0. The number of hydrogen-bond donors (Lipinski definition) is 2. The van der Waals surface area contributed by atoms with Gasteiger partial charge in [0.25, 0.3) is 0 Å². The van der Waals surface area contributed by atoms with Crippen LogP contribution in [0.1, 0.15) is 20.8 Å². The van der Waals surface area contributed by atoms with Crippen molar-refractivity contribution in [2.45, 2.75) is 20.8 Å². The minimum absolute atomic E-state index is 0.0117. The van der Waals surface area contributed by atoms with Crippen LogP contribution in [0.15, 0.2) is 17.0 Å². The number of nitrogens with one attached hydrogen (secondary N) is 1. The number of aliphatic hydroxyl groups excluding tert-OH is 1. The van der Waals surface area contributed by atoms with E-state index in [4.69, 9.17) is 5.11 Å². The van der Waals surface area contributed by atoms with Crippen LogP contribution in [0.25, 0.3) is 0 Å². The molecule has 0 aromatic heterocycles. The second-order valence-corrected chi connectivity index (χ2v) is 3.65. The van der Waals surface area contributed by atoms with Gasteiger partial charge in [0.1, 0.15) is 5.84 Å². The highest BCUT2D eigenvalue weighted by molar-refractivity contribution is 5.88. The average molecular weight is 154 g/mol. The van der Waals surface area contributed by atoms with Crippen LogP contribution in [0.5, 0.6) is 0 Å². The van der Waals surface area contributed by atoms with Crippen molar-refractivity contribution in [1.29, 1.82) is 0 Å².